The number of aromatic nitrogens is 5. The molecule has 0 radical (unpaired) electrons. The first kappa shape index (κ1) is 11.6. The Morgan fingerprint density at radius 2 is 1.84 bits per heavy atom. The number of hydrogen-bond acceptors (Lipinski definition) is 5. The third kappa shape index (κ3) is 1.91. The van der Waals surface area contributed by atoms with Crippen LogP contribution in [0.2, 0.25) is 0 Å². The Kier molecular flexibility index (Phi) is 2.63. The molecule has 19 heavy (non-hydrogen) atoms. The third-order valence-corrected chi connectivity index (χ3v) is 2.85. The lowest BCUT2D eigenvalue weighted by Gasteiger charge is -2.12. The summed E-state index contributed by atoms with van der Waals surface area (Å²) >= 11 is 0. The fraction of sp³-hybridized carbons (Fsp3) is 0.231. The van der Waals surface area contributed by atoms with Gasteiger partial charge in [0, 0.05) is 32.1 Å². The van der Waals surface area contributed by atoms with Gasteiger partial charge in [-0.25, -0.2) is 4.98 Å². The Bertz CT molecular complexity index is 717. The number of aryl methyl sites for hydroxylation is 1. The van der Waals surface area contributed by atoms with Crippen molar-refractivity contribution >= 4 is 11.6 Å². The highest BCUT2D eigenvalue weighted by Crippen LogP contribution is 2.24. The van der Waals surface area contributed by atoms with E-state index in [4.69, 9.17) is 0 Å². The Morgan fingerprint density at radius 3 is 2.53 bits per heavy atom. The van der Waals surface area contributed by atoms with E-state index in [0.29, 0.717) is 0 Å². The average molecular weight is 254 g/mol. The fourth-order valence-corrected chi connectivity index (χ4v) is 1.99. The molecule has 0 aliphatic rings. The van der Waals surface area contributed by atoms with Crippen molar-refractivity contribution in [2.75, 3.05) is 19.0 Å². The zero-order valence-electron chi connectivity index (χ0n) is 11.1. The SMILES string of the molecule is Cc1nc(N(C)C)n2ncc(-c3ccncc3)c2n1. The molecule has 0 amide bonds. The van der Waals surface area contributed by atoms with Crippen molar-refractivity contribution in [2.45, 2.75) is 6.92 Å². The van der Waals surface area contributed by atoms with E-state index >= 15 is 0 Å². The van der Waals surface area contributed by atoms with Gasteiger partial charge in [-0.15, -0.1) is 0 Å². The summed E-state index contributed by atoms with van der Waals surface area (Å²) in [5.74, 6) is 1.50. The summed E-state index contributed by atoms with van der Waals surface area (Å²) in [5, 5.41) is 4.39. The van der Waals surface area contributed by atoms with Crippen molar-refractivity contribution in [3.05, 3.63) is 36.5 Å². The van der Waals surface area contributed by atoms with Gasteiger partial charge >= 0.3 is 0 Å². The van der Waals surface area contributed by atoms with Gasteiger partial charge in [0.05, 0.1) is 6.20 Å². The summed E-state index contributed by atoms with van der Waals surface area (Å²) in [7, 11) is 3.88. The first-order chi connectivity index (χ1) is 9.16. The molecule has 0 fully saturated rings. The maximum atomic E-state index is 4.50. The smallest absolute Gasteiger partial charge is 0.229 e. The van der Waals surface area contributed by atoms with E-state index in [-0.39, 0.29) is 0 Å². The zero-order valence-corrected chi connectivity index (χ0v) is 11.1. The molecule has 0 N–H and O–H groups in total. The molecule has 0 aliphatic carbocycles. The molecule has 0 unspecified atom stereocenters. The molecule has 0 saturated heterocycles. The molecule has 0 bridgehead atoms. The minimum absolute atomic E-state index is 0.729. The minimum atomic E-state index is 0.729. The van der Waals surface area contributed by atoms with E-state index in [2.05, 4.69) is 20.1 Å². The fourth-order valence-electron chi connectivity index (χ4n) is 1.99. The molecule has 3 rings (SSSR count). The second-order valence-electron chi connectivity index (χ2n) is 4.49. The first-order valence-corrected chi connectivity index (χ1v) is 5.97. The predicted molar refractivity (Wildman–Crippen MR) is 73.1 cm³/mol. The number of nitrogens with zero attached hydrogens (tertiary/aromatic N) is 6. The highest BCUT2D eigenvalue weighted by Gasteiger charge is 2.13. The van der Waals surface area contributed by atoms with Crippen molar-refractivity contribution in [3.63, 3.8) is 0 Å². The maximum Gasteiger partial charge on any atom is 0.229 e. The van der Waals surface area contributed by atoms with Gasteiger partial charge in [0.25, 0.3) is 0 Å². The Hall–Kier alpha value is -2.50. The summed E-state index contributed by atoms with van der Waals surface area (Å²) < 4.78 is 1.75. The van der Waals surface area contributed by atoms with Gasteiger partial charge in [0.1, 0.15) is 5.82 Å². The van der Waals surface area contributed by atoms with Crippen LogP contribution in [0, 0.1) is 6.92 Å². The second kappa shape index (κ2) is 4.31. The van der Waals surface area contributed by atoms with Gasteiger partial charge in [-0.3, -0.25) is 4.98 Å². The van der Waals surface area contributed by atoms with Crippen LogP contribution >= 0.6 is 0 Å². The number of pyridine rings is 1. The van der Waals surface area contributed by atoms with Gasteiger partial charge in [0.2, 0.25) is 5.95 Å². The summed E-state index contributed by atoms with van der Waals surface area (Å²) in [5.41, 5.74) is 2.84. The van der Waals surface area contributed by atoms with Crippen molar-refractivity contribution in [1.82, 2.24) is 24.6 Å². The quantitative estimate of drug-likeness (QED) is 0.694. The van der Waals surface area contributed by atoms with Crippen molar-refractivity contribution in [3.8, 4) is 11.1 Å². The molecule has 0 saturated carbocycles. The largest absolute Gasteiger partial charge is 0.347 e. The maximum absolute atomic E-state index is 4.50. The topological polar surface area (TPSA) is 59.2 Å². The van der Waals surface area contributed by atoms with Crippen LogP contribution in [0.25, 0.3) is 16.8 Å². The van der Waals surface area contributed by atoms with Crippen LogP contribution < -0.4 is 4.90 Å². The zero-order chi connectivity index (χ0) is 13.4. The van der Waals surface area contributed by atoms with Crippen molar-refractivity contribution in [1.29, 1.82) is 0 Å². The van der Waals surface area contributed by atoms with Gasteiger partial charge in [0.15, 0.2) is 5.65 Å². The van der Waals surface area contributed by atoms with Crippen LogP contribution in [0.5, 0.6) is 0 Å². The van der Waals surface area contributed by atoms with Gasteiger partial charge < -0.3 is 4.90 Å². The summed E-state index contributed by atoms with van der Waals surface area (Å²) in [6, 6.07) is 3.90. The number of fused-ring (bicyclic) bond motifs is 1. The standard InChI is InChI=1S/C13H14N6/c1-9-16-12-11(10-4-6-14-7-5-10)8-15-19(12)13(17-9)18(2)3/h4-8H,1-3H3. The molecule has 96 valence electrons. The van der Waals surface area contributed by atoms with Gasteiger partial charge in [-0.2, -0.15) is 14.6 Å². The lowest BCUT2D eigenvalue weighted by molar-refractivity contribution is 0.832. The van der Waals surface area contributed by atoms with Crippen molar-refractivity contribution in [2.24, 2.45) is 0 Å². The molecule has 3 heterocycles. The first-order valence-electron chi connectivity index (χ1n) is 5.97. The van der Waals surface area contributed by atoms with Crippen molar-refractivity contribution < 1.29 is 0 Å². The molecule has 3 aromatic rings. The van der Waals surface area contributed by atoms with Crippen LogP contribution in [0.3, 0.4) is 0 Å². The second-order valence-corrected chi connectivity index (χ2v) is 4.49. The van der Waals surface area contributed by atoms with E-state index in [9.17, 15) is 0 Å². The molecule has 0 aromatic carbocycles. The van der Waals surface area contributed by atoms with E-state index in [1.54, 1.807) is 16.9 Å². The molecule has 3 aromatic heterocycles. The van der Waals surface area contributed by atoms with Crippen LogP contribution in [0.15, 0.2) is 30.7 Å². The number of hydrogen-bond donors (Lipinski definition) is 0. The van der Waals surface area contributed by atoms with E-state index in [0.717, 1.165) is 28.5 Å². The molecular weight excluding hydrogens is 240 g/mol. The molecule has 6 heteroatoms. The normalized spacial score (nSPS) is 10.9. The lowest BCUT2D eigenvalue weighted by atomic mass is 10.1. The van der Waals surface area contributed by atoms with E-state index < -0.39 is 0 Å². The average Bonchev–Trinajstić information content (AvgIpc) is 2.82. The molecular formula is C13H14N6. The van der Waals surface area contributed by atoms with Crippen LogP contribution in [-0.4, -0.2) is 38.7 Å². The molecule has 0 aliphatic heterocycles. The monoisotopic (exact) mass is 254 g/mol. The summed E-state index contributed by atoms with van der Waals surface area (Å²) in [4.78, 5) is 14.9. The van der Waals surface area contributed by atoms with Crippen LogP contribution in [0.1, 0.15) is 5.82 Å². The van der Waals surface area contributed by atoms with Crippen LogP contribution in [0.4, 0.5) is 5.95 Å². The van der Waals surface area contributed by atoms with Gasteiger partial charge in [-0.05, 0) is 24.6 Å². The molecule has 0 atom stereocenters. The highest BCUT2D eigenvalue weighted by atomic mass is 15.4. The Balaban J connectivity index is 2.29. The molecule has 6 nitrogen and oxygen atoms in total. The minimum Gasteiger partial charge on any atom is -0.347 e. The molecule has 0 spiro atoms. The van der Waals surface area contributed by atoms with Gasteiger partial charge in [-0.1, -0.05) is 0 Å². The van der Waals surface area contributed by atoms with Crippen LogP contribution in [-0.2, 0) is 0 Å². The summed E-state index contributed by atoms with van der Waals surface area (Å²) in [6.07, 6.45) is 5.34. The lowest BCUT2D eigenvalue weighted by Crippen LogP contribution is -2.17. The number of anilines is 1. The third-order valence-electron chi connectivity index (χ3n) is 2.85. The Labute approximate surface area is 110 Å². The Morgan fingerprint density at radius 1 is 1.11 bits per heavy atom. The highest BCUT2D eigenvalue weighted by molar-refractivity contribution is 5.77. The summed E-state index contributed by atoms with van der Waals surface area (Å²) in [6.45, 7) is 1.89. The van der Waals surface area contributed by atoms with E-state index in [1.165, 1.54) is 0 Å². The predicted octanol–water partition coefficient (Wildman–Crippen LogP) is 1.56. The number of rotatable bonds is 2. The van der Waals surface area contributed by atoms with E-state index in [1.807, 2.05) is 44.2 Å².